The van der Waals surface area contributed by atoms with Crippen LogP contribution in [0.5, 0.6) is 11.5 Å². The zero-order chi connectivity index (χ0) is 17.9. The van der Waals surface area contributed by atoms with Gasteiger partial charge in [-0.2, -0.15) is 4.98 Å². The van der Waals surface area contributed by atoms with Crippen molar-refractivity contribution in [2.24, 2.45) is 0 Å². The number of halogens is 1. The van der Waals surface area contributed by atoms with Crippen molar-refractivity contribution in [1.82, 2.24) is 9.97 Å². The average Bonchev–Trinajstić information content (AvgIpc) is 2.63. The van der Waals surface area contributed by atoms with Crippen molar-refractivity contribution in [2.75, 3.05) is 23.8 Å². The lowest BCUT2D eigenvalue weighted by Gasteiger charge is -2.19. The number of benzene rings is 2. The van der Waals surface area contributed by atoms with Crippen molar-refractivity contribution in [3.8, 4) is 11.5 Å². The van der Waals surface area contributed by atoms with Gasteiger partial charge in [-0.3, -0.25) is 0 Å². The minimum atomic E-state index is 0.471. The first kappa shape index (κ1) is 16.5. The number of nitrogens with zero attached hydrogens (tertiary/aromatic N) is 2. The Morgan fingerprint density at radius 1 is 0.923 bits per heavy atom. The molecule has 0 saturated heterocycles. The second-order valence-electron chi connectivity index (χ2n) is 5.81. The van der Waals surface area contributed by atoms with Crippen molar-refractivity contribution in [3.05, 3.63) is 59.2 Å². The molecule has 0 saturated carbocycles. The van der Waals surface area contributed by atoms with Gasteiger partial charge in [0, 0.05) is 23.5 Å². The summed E-state index contributed by atoms with van der Waals surface area (Å²) in [5.41, 5.74) is 2.44. The fourth-order valence-corrected chi connectivity index (χ4v) is 2.82. The maximum Gasteiger partial charge on any atom is 0.229 e. The molecule has 2 N–H and O–H groups in total. The maximum absolute atomic E-state index is 6.19. The molecule has 4 rings (SSSR count). The van der Waals surface area contributed by atoms with E-state index >= 15 is 0 Å². The number of aromatic nitrogens is 2. The second-order valence-corrected chi connectivity index (χ2v) is 6.21. The Bertz CT molecular complexity index is 949. The molecule has 0 spiro atoms. The molecular weight excluding hydrogens is 352 g/mol. The van der Waals surface area contributed by atoms with E-state index in [0.717, 1.165) is 28.6 Å². The first-order valence-corrected chi connectivity index (χ1v) is 8.59. The molecule has 0 atom stereocenters. The molecule has 0 fully saturated rings. The molecule has 132 valence electrons. The summed E-state index contributed by atoms with van der Waals surface area (Å²) in [6.07, 6.45) is 0. The van der Waals surface area contributed by atoms with Gasteiger partial charge in [0.05, 0.1) is 10.7 Å². The fourth-order valence-electron chi connectivity index (χ4n) is 2.64. The number of fused-ring (bicyclic) bond motifs is 1. The molecule has 26 heavy (non-hydrogen) atoms. The number of nitrogens with one attached hydrogen (secondary N) is 2. The highest BCUT2D eigenvalue weighted by atomic mass is 35.5. The predicted molar refractivity (Wildman–Crippen MR) is 102 cm³/mol. The van der Waals surface area contributed by atoms with Crippen LogP contribution in [0, 0.1) is 6.92 Å². The van der Waals surface area contributed by atoms with E-state index < -0.39 is 0 Å². The average molecular weight is 369 g/mol. The number of para-hydroxylation sites is 1. The van der Waals surface area contributed by atoms with Gasteiger partial charge < -0.3 is 20.1 Å². The minimum absolute atomic E-state index is 0.471. The van der Waals surface area contributed by atoms with Gasteiger partial charge in [0.1, 0.15) is 19.0 Å². The number of hydrogen-bond acceptors (Lipinski definition) is 6. The van der Waals surface area contributed by atoms with Crippen LogP contribution in [0.15, 0.2) is 48.5 Å². The summed E-state index contributed by atoms with van der Waals surface area (Å²) in [4.78, 5) is 8.93. The highest BCUT2D eigenvalue weighted by Crippen LogP contribution is 2.33. The molecule has 0 unspecified atom stereocenters. The lowest BCUT2D eigenvalue weighted by molar-refractivity contribution is 0.171. The first-order valence-electron chi connectivity index (χ1n) is 8.21. The number of ether oxygens (including phenoxy) is 2. The van der Waals surface area contributed by atoms with Crippen LogP contribution in [0.4, 0.5) is 23.1 Å². The monoisotopic (exact) mass is 368 g/mol. The minimum Gasteiger partial charge on any atom is -0.486 e. The summed E-state index contributed by atoms with van der Waals surface area (Å²) in [6, 6.07) is 15.0. The van der Waals surface area contributed by atoms with E-state index in [4.69, 9.17) is 21.1 Å². The topological polar surface area (TPSA) is 68.3 Å². The Labute approximate surface area is 156 Å². The molecule has 2 aromatic carbocycles. The van der Waals surface area contributed by atoms with Crippen LogP contribution in [0.3, 0.4) is 0 Å². The highest BCUT2D eigenvalue weighted by molar-refractivity contribution is 6.33. The quantitative estimate of drug-likeness (QED) is 0.695. The molecule has 1 aliphatic rings. The van der Waals surface area contributed by atoms with E-state index in [0.29, 0.717) is 30.0 Å². The lowest BCUT2D eigenvalue weighted by atomic mass is 10.2. The Kier molecular flexibility index (Phi) is 4.50. The van der Waals surface area contributed by atoms with Crippen LogP contribution in [0.2, 0.25) is 5.02 Å². The van der Waals surface area contributed by atoms with Gasteiger partial charge in [0.15, 0.2) is 11.5 Å². The Hall–Kier alpha value is -2.99. The summed E-state index contributed by atoms with van der Waals surface area (Å²) >= 11 is 6.19. The van der Waals surface area contributed by atoms with Gasteiger partial charge in [-0.15, -0.1) is 0 Å². The van der Waals surface area contributed by atoms with E-state index in [1.165, 1.54) is 0 Å². The molecule has 1 aromatic heterocycles. The second kappa shape index (κ2) is 7.09. The third kappa shape index (κ3) is 3.65. The van der Waals surface area contributed by atoms with Crippen molar-refractivity contribution in [1.29, 1.82) is 0 Å². The fraction of sp³-hybridized carbons (Fsp3) is 0.158. The molecule has 0 amide bonds. The van der Waals surface area contributed by atoms with Crippen LogP contribution in [-0.2, 0) is 0 Å². The predicted octanol–water partition coefficient (Wildman–Crippen LogP) is 4.70. The Morgan fingerprint density at radius 2 is 1.73 bits per heavy atom. The van der Waals surface area contributed by atoms with Crippen molar-refractivity contribution in [3.63, 3.8) is 0 Å². The van der Waals surface area contributed by atoms with E-state index in [-0.39, 0.29) is 0 Å². The van der Waals surface area contributed by atoms with Gasteiger partial charge in [0.2, 0.25) is 5.95 Å². The maximum atomic E-state index is 6.19. The van der Waals surface area contributed by atoms with Crippen molar-refractivity contribution < 1.29 is 9.47 Å². The van der Waals surface area contributed by atoms with Crippen molar-refractivity contribution in [2.45, 2.75) is 6.92 Å². The van der Waals surface area contributed by atoms with Gasteiger partial charge >= 0.3 is 0 Å². The number of hydrogen-bond donors (Lipinski definition) is 2. The first-order chi connectivity index (χ1) is 12.7. The molecule has 0 bridgehead atoms. The zero-order valence-electron chi connectivity index (χ0n) is 14.1. The molecule has 2 heterocycles. The van der Waals surface area contributed by atoms with Gasteiger partial charge in [-0.25, -0.2) is 4.98 Å². The summed E-state index contributed by atoms with van der Waals surface area (Å²) < 4.78 is 11.2. The summed E-state index contributed by atoms with van der Waals surface area (Å²) in [5, 5.41) is 7.04. The van der Waals surface area contributed by atoms with Gasteiger partial charge in [0.25, 0.3) is 0 Å². The van der Waals surface area contributed by atoms with Crippen LogP contribution < -0.4 is 20.1 Å². The number of aryl methyl sites for hydroxylation is 1. The third-order valence-electron chi connectivity index (χ3n) is 3.79. The largest absolute Gasteiger partial charge is 0.486 e. The molecular formula is C19H17ClN4O2. The standard InChI is InChI=1S/C19H17ClN4O2/c1-12-10-18(22-13-6-7-16-17(11-13)26-9-8-25-16)24-19(21-12)23-15-5-3-2-4-14(15)20/h2-7,10-11H,8-9H2,1H3,(H2,21,22,23,24). The summed E-state index contributed by atoms with van der Waals surface area (Å²) in [7, 11) is 0. The normalized spacial score (nSPS) is 12.5. The van der Waals surface area contributed by atoms with E-state index in [9.17, 15) is 0 Å². The van der Waals surface area contributed by atoms with Crippen molar-refractivity contribution >= 4 is 34.7 Å². The molecule has 7 heteroatoms. The highest BCUT2D eigenvalue weighted by Gasteiger charge is 2.12. The van der Waals surface area contributed by atoms with Crippen LogP contribution in [-0.4, -0.2) is 23.2 Å². The van der Waals surface area contributed by atoms with Crippen LogP contribution in [0.1, 0.15) is 5.69 Å². The van der Waals surface area contributed by atoms with E-state index in [1.807, 2.05) is 55.5 Å². The summed E-state index contributed by atoms with van der Waals surface area (Å²) in [6.45, 7) is 3.03. The van der Waals surface area contributed by atoms with Gasteiger partial charge in [-0.1, -0.05) is 23.7 Å². The lowest BCUT2D eigenvalue weighted by Crippen LogP contribution is -2.15. The zero-order valence-corrected chi connectivity index (χ0v) is 14.9. The number of rotatable bonds is 4. The van der Waals surface area contributed by atoms with E-state index in [2.05, 4.69) is 20.6 Å². The molecule has 0 radical (unpaired) electrons. The molecule has 6 nitrogen and oxygen atoms in total. The smallest absolute Gasteiger partial charge is 0.229 e. The van der Waals surface area contributed by atoms with Crippen LogP contribution in [0.25, 0.3) is 0 Å². The molecule has 0 aliphatic carbocycles. The Balaban J connectivity index is 1.57. The number of anilines is 4. The van der Waals surface area contributed by atoms with Gasteiger partial charge in [-0.05, 0) is 31.2 Å². The molecule has 3 aromatic rings. The Morgan fingerprint density at radius 3 is 2.58 bits per heavy atom. The SMILES string of the molecule is Cc1cc(Nc2ccc3c(c2)OCCO3)nc(Nc2ccccc2Cl)n1. The van der Waals surface area contributed by atoms with Crippen LogP contribution >= 0.6 is 11.6 Å². The van der Waals surface area contributed by atoms with E-state index in [1.54, 1.807) is 0 Å². The third-order valence-corrected chi connectivity index (χ3v) is 4.12. The molecule has 1 aliphatic heterocycles. The summed E-state index contributed by atoms with van der Waals surface area (Å²) in [5.74, 6) is 2.62.